The highest BCUT2D eigenvalue weighted by molar-refractivity contribution is 5.91. The first kappa shape index (κ1) is 16.1. The van der Waals surface area contributed by atoms with Crippen molar-refractivity contribution in [3.05, 3.63) is 48.0 Å². The van der Waals surface area contributed by atoms with Crippen LogP contribution in [0.5, 0.6) is 0 Å². The van der Waals surface area contributed by atoms with Gasteiger partial charge in [0.25, 0.3) is 5.91 Å². The number of piperidine rings is 1. The smallest absolute Gasteiger partial charge is 0.272 e. The van der Waals surface area contributed by atoms with Crippen molar-refractivity contribution in [1.29, 1.82) is 0 Å². The summed E-state index contributed by atoms with van der Waals surface area (Å²) in [6, 6.07) is 5.03. The number of carbonyl (C=O) groups is 2. The maximum absolute atomic E-state index is 13.1. The van der Waals surface area contributed by atoms with Crippen LogP contribution in [0.1, 0.15) is 29.9 Å². The van der Waals surface area contributed by atoms with Gasteiger partial charge < -0.3 is 0 Å². The Hall–Kier alpha value is -2.31. The van der Waals surface area contributed by atoms with Crippen LogP contribution in [0, 0.1) is 0 Å². The van der Waals surface area contributed by atoms with Gasteiger partial charge in [-0.2, -0.15) is 13.2 Å². The quantitative estimate of drug-likeness (QED) is 0.872. The predicted molar refractivity (Wildman–Crippen MR) is 73.5 cm³/mol. The molecule has 1 unspecified atom stereocenters. The van der Waals surface area contributed by atoms with E-state index in [1.165, 1.54) is 18.2 Å². The maximum Gasteiger partial charge on any atom is 0.416 e. The van der Waals surface area contributed by atoms with Crippen molar-refractivity contribution in [1.82, 2.24) is 10.4 Å². The van der Waals surface area contributed by atoms with Gasteiger partial charge in [-0.25, -0.2) is 0 Å². The topological polar surface area (TPSA) is 49.4 Å². The van der Waals surface area contributed by atoms with E-state index in [0.717, 1.165) is 17.2 Å². The van der Waals surface area contributed by atoms with Gasteiger partial charge in [0, 0.05) is 6.54 Å². The standard InChI is InChI=1S/C15H15F3N2O2/c1-2-13(21)19-20-9-5-7-11(14(20)22)10-6-3-4-8-12(10)15(16,17)18/h2-4,6,8,11H,1,5,7,9H2,(H,19,21). The van der Waals surface area contributed by atoms with Gasteiger partial charge in [-0.05, 0) is 30.5 Å². The first-order valence-corrected chi connectivity index (χ1v) is 6.75. The summed E-state index contributed by atoms with van der Waals surface area (Å²) in [5.41, 5.74) is 1.45. The Morgan fingerprint density at radius 1 is 1.36 bits per heavy atom. The van der Waals surface area contributed by atoms with Crippen LogP contribution in [-0.2, 0) is 15.8 Å². The Morgan fingerprint density at radius 2 is 2.05 bits per heavy atom. The summed E-state index contributed by atoms with van der Waals surface area (Å²) in [7, 11) is 0. The minimum Gasteiger partial charge on any atom is -0.272 e. The predicted octanol–water partition coefficient (Wildman–Crippen LogP) is 2.63. The number of alkyl halides is 3. The molecule has 1 heterocycles. The lowest BCUT2D eigenvalue weighted by Gasteiger charge is -2.33. The molecule has 1 N–H and O–H groups in total. The van der Waals surface area contributed by atoms with Gasteiger partial charge in [0.1, 0.15) is 0 Å². The highest BCUT2D eigenvalue weighted by atomic mass is 19.4. The fourth-order valence-corrected chi connectivity index (χ4v) is 2.51. The van der Waals surface area contributed by atoms with Gasteiger partial charge in [0.2, 0.25) is 5.91 Å². The van der Waals surface area contributed by atoms with E-state index in [-0.39, 0.29) is 12.1 Å². The largest absolute Gasteiger partial charge is 0.416 e. The molecule has 0 aromatic heterocycles. The molecule has 2 amide bonds. The van der Waals surface area contributed by atoms with Crippen molar-refractivity contribution in [2.24, 2.45) is 0 Å². The number of carbonyl (C=O) groups excluding carboxylic acids is 2. The molecule has 7 heteroatoms. The van der Waals surface area contributed by atoms with Crippen LogP contribution in [0.3, 0.4) is 0 Å². The second-order valence-corrected chi connectivity index (χ2v) is 4.95. The van der Waals surface area contributed by atoms with Crippen molar-refractivity contribution in [3.8, 4) is 0 Å². The summed E-state index contributed by atoms with van der Waals surface area (Å²) in [4.78, 5) is 23.7. The maximum atomic E-state index is 13.1. The normalized spacial score (nSPS) is 19.0. The van der Waals surface area contributed by atoms with Crippen LogP contribution in [0.4, 0.5) is 13.2 Å². The summed E-state index contributed by atoms with van der Waals surface area (Å²) >= 11 is 0. The van der Waals surface area contributed by atoms with E-state index in [9.17, 15) is 22.8 Å². The van der Waals surface area contributed by atoms with E-state index < -0.39 is 29.5 Å². The van der Waals surface area contributed by atoms with Crippen LogP contribution in [0.15, 0.2) is 36.9 Å². The van der Waals surface area contributed by atoms with Crippen molar-refractivity contribution in [2.75, 3.05) is 6.54 Å². The number of benzene rings is 1. The van der Waals surface area contributed by atoms with Gasteiger partial charge in [0.05, 0.1) is 11.5 Å². The molecule has 2 rings (SSSR count). The molecule has 22 heavy (non-hydrogen) atoms. The zero-order valence-electron chi connectivity index (χ0n) is 11.7. The Labute approximate surface area is 125 Å². The van der Waals surface area contributed by atoms with Crippen molar-refractivity contribution >= 4 is 11.8 Å². The SMILES string of the molecule is C=CC(=O)NN1CCCC(c2ccccc2C(F)(F)F)C1=O. The molecule has 4 nitrogen and oxygen atoms in total. The molecule has 1 saturated heterocycles. The summed E-state index contributed by atoms with van der Waals surface area (Å²) in [5, 5.41) is 1.06. The zero-order valence-corrected chi connectivity index (χ0v) is 11.7. The van der Waals surface area contributed by atoms with Crippen molar-refractivity contribution < 1.29 is 22.8 Å². The number of rotatable bonds is 3. The second kappa shape index (κ2) is 6.21. The highest BCUT2D eigenvalue weighted by Gasteiger charge is 2.39. The van der Waals surface area contributed by atoms with E-state index in [2.05, 4.69) is 12.0 Å². The monoisotopic (exact) mass is 312 g/mol. The Kier molecular flexibility index (Phi) is 4.54. The number of hydrogen-bond acceptors (Lipinski definition) is 2. The first-order valence-electron chi connectivity index (χ1n) is 6.75. The third-order valence-corrected chi connectivity index (χ3v) is 3.51. The molecule has 118 valence electrons. The third-order valence-electron chi connectivity index (χ3n) is 3.51. The molecule has 1 aromatic rings. The highest BCUT2D eigenvalue weighted by Crippen LogP contribution is 2.38. The molecular weight excluding hydrogens is 297 g/mol. The van der Waals surface area contributed by atoms with Crippen LogP contribution in [0.2, 0.25) is 0 Å². The summed E-state index contributed by atoms with van der Waals surface area (Å²) < 4.78 is 39.3. The number of nitrogens with one attached hydrogen (secondary N) is 1. The minimum absolute atomic E-state index is 0.0578. The van der Waals surface area contributed by atoms with Crippen LogP contribution >= 0.6 is 0 Å². The van der Waals surface area contributed by atoms with E-state index in [1.807, 2.05) is 0 Å². The molecule has 1 aliphatic heterocycles. The van der Waals surface area contributed by atoms with Gasteiger partial charge >= 0.3 is 6.18 Å². The molecule has 0 aliphatic carbocycles. The van der Waals surface area contributed by atoms with E-state index in [4.69, 9.17) is 0 Å². The second-order valence-electron chi connectivity index (χ2n) is 4.95. The first-order chi connectivity index (χ1) is 10.3. The number of hydrazine groups is 1. The fourth-order valence-electron chi connectivity index (χ4n) is 2.51. The summed E-state index contributed by atoms with van der Waals surface area (Å²) in [6.07, 6.45) is -2.71. The molecule has 1 aliphatic rings. The number of amides is 2. The number of hydrogen-bond donors (Lipinski definition) is 1. The Bertz CT molecular complexity index is 599. The van der Waals surface area contributed by atoms with Crippen LogP contribution in [0.25, 0.3) is 0 Å². The van der Waals surface area contributed by atoms with Crippen molar-refractivity contribution in [2.45, 2.75) is 24.9 Å². The van der Waals surface area contributed by atoms with Gasteiger partial charge in [-0.15, -0.1) is 0 Å². The molecule has 0 spiro atoms. The lowest BCUT2D eigenvalue weighted by Crippen LogP contribution is -2.50. The van der Waals surface area contributed by atoms with Crippen LogP contribution in [-0.4, -0.2) is 23.4 Å². The van der Waals surface area contributed by atoms with Gasteiger partial charge in [-0.3, -0.25) is 20.0 Å². The summed E-state index contributed by atoms with van der Waals surface area (Å²) in [5.74, 6) is -2.03. The average Bonchev–Trinajstić information content (AvgIpc) is 2.48. The third kappa shape index (κ3) is 3.29. The van der Waals surface area contributed by atoms with E-state index in [1.54, 1.807) is 0 Å². The zero-order chi connectivity index (χ0) is 16.3. The van der Waals surface area contributed by atoms with Crippen molar-refractivity contribution in [3.63, 3.8) is 0 Å². The van der Waals surface area contributed by atoms with Gasteiger partial charge in [-0.1, -0.05) is 24.8 Å². The Balaban J connectivity index is 2.31. The molecule has 1 aromatic carbocycles. The molecule has 0 saturated carbocycles. The fraction of sp³-hybridized carbons (Fsp3) is 0.333. The summed E-state index contributed by atoms with van der Waals surface area (Å²) in [6.45, 7) is 3.54. The Morgan fingerprint density at radius 3 is 2.68 bits per heavy atom. The molecule has 1 atom stereocenters. The molecule has 0 bridgehead atoms. The van der Waals surface area contributed by atoms with Crippen LogP contribution < -0.4 is 5.43 Å². The number of halogens is 3. The lowest BCUT2D eigenvalue weighted by atomic mass is 9.87. The minimum atomic E-state index is -4.52. The lowest BCUT2D eigenvalue weighted by molar-refractivity contribution is -0.145. The average molecular weight is 312 g/mol. The molecule has 1 fully saturated rings. The van der Waals surface area contributed by atoms with E-state index >= 15 is 0 Å². The molecule has 0 radical (unpaired) electrons. The number of nitrogens with zero attached hydrogens (tertiary/aromatic N) is 1. The van der Waals surface area contributed by atoms with Gasteiger partial charge in [0.15, 0.2) is 0 Å². The van der Waals surface area contributed by atoms with E-state index in [0.29, 0.717) is 12.8 Å². The molecular formula is C15H15F3N2O2.